The van der Waals surface area contributed by atoms with Crippen molar-refractivity contribution in [3.05, 3.63) is 27.2 Å². The van der Waals surface area contributed by atoms with E-state index in [1.807, 2.05) is 0 Å². The Morgan fingerprint density at radius 3 is 2.58 bits per heavy atom. The molecule has 1 heterocycles. The van der Waals surface area contributed by atoms with Gasteiger partial charge in [0.2, 0.25) is 0 Å². The predicted molar refractivity (Wildman–Crippen MR) is 83.9 cm³/mol. The van der Waals surface area contributed by atoms with E-state index in [4.69, 9.17) is 0 Å². The highest BCUT2D eigenvalue weighted by molar-refractivity contribution is 9.10. The normalized spacial score (nSPS) is 17.1. The maximum atomic E-state index is 10.6. The van der Waals surface area contributed by atoms with Gasteiger partial charge in [-0.15, -0.1) is 0 Å². The van der Waals surface area contributed by atoms with Gasteiger partial charge in [-0.25, -0.2) is 0 Å². The Bertz CT molecular complexity index is 451. The van der Waals surface area contributed by atoms with E-state index >= 15 is 0 Å². The van der Waals surface area contributed by atoms with Gasteiger partial charge in [0.1, 0.15) is 5.75 Å². The summed E-state index contributed by atoms with van der Waals surface area (Å²) in [4.78, 5) is 0. The predicted octanol–water partition coefficient (Wildman–Crippen LogP) is 4.13. The molecule has 0 aromatic heterocycles. The van der Waals surface area contributed by atoms with Crippen molar-refractivity contribution < 1.29 is 5.11 Å². The first-order valence-electron chi connectivity index (χ1n) is 7.22. The zero-order chi connectivity index (χ0) is 14.0. The Morgan fingerprint density at radius 1 is 1.37 bits per heavy atom. The number of rotatable bonds is 3. The second-order valence-corrected chi connectivity index (χ2v) is 6.81. The van der Waals surface area contributed by atoms with E-state index < -0.39 is 0 Å². The molecule has 1 aliphatic rings. The van der Waals surface area contributed by atoms with E-state index in [0.29, 0.717) is 17.6 Å². The number of phenolic OH excluding ortho intramolecular Hbond substituents is 1. The van der Waals surface area contributed by atoms with Crippen LogP contribution in [0.4, 0.5) is 0 Å². The molecule has 1 aliphatic heterocycles. The fourth-order valence-electron chi connectivity index (χ4n) is 2.87. The maximum Gasteiger partial charge on any atom is 0.122 e. The molecule has 0 amide bonds. The average Bonchev–Trinajstić information content (AvgIpc) is 2.40. The fraction of sp³-hybridized carbons (Fsp3) is 0.625. The smallest absolute Gasteiger partial charge is 0.122 e. The number of hydrogen-bond acceptors (Lipinski definition) is 2. The molecular formula is C16H24BrNO. The standard InChI is InChI=1S/C16H24BrNO/c1-10(2)13-9-15(17)11(3)14(16(13)19)8-12-4-6-18-7-5-12/h9-10,12,18-19H,4-8H2,1-3H3. The number of hydrogen-bond donors (Lipinski definition) is 2. The zero-order valence-electron chi connectivity index (χ0n) is 12.1. The highest BCUT2D eigenvalue weighted by Gasteiger charge is 2.20. The van der Waals surface area contributed by atoms with Gasteiger partial charge in [-0.2, -0.15) is 0 Å². The quantitative estimate of drug-likeness (QED) is 0.875. The summed E-state index contributed by atoms with van der Waals surface area (Å²) < 4.78 is 1.12. The monoisotopic (exact) mass is 325 g/mol. The average molecular weight is 326 g/mol. The topological polar surface area (TPSA) is 32.3 Å². The van der Waals surface area contributed by atoms with Crippen LogP contribution in [0.2, 0.25) is 0 Å². The molecule has 0 spiro atoms. The summed E-state index contributed by atoms with van der Waals surface area (Å²) in [6, 6.07) is 2.07. The first-order chi connectivity index (χ1) is 9.00. The second-order valence-electron chi connectivity index (χ2n) is 5.95. The van der Waals surface area contributed by atoms with Gasteiger partial charge in [-0.05, 0) is 73.9 Å². The lowest BCUT2D eigenvalue weighted by Crippen LogP contribution is -2.28. The van der Waals surface area contributed by atoms with E-state index in [1.54, 1.807) is 0 Å². The molecule has 1 aromatic carbocycles. The van der Waals surface area contributed by atoms with Crippen LogP contribution in [0.5, 0.6) is 5.75 Å². The van der Waals surface area contributed by atoms with E-state index in [9.17, 15) is 5.11 Å². The number of phenols is 1. The van der Waals surface area contributed by atoms with Gasteiger partial charge in [-0.1, -0.05) is 29.8 Å². The summed E-state index contributed by atoms with van der Waals surface area (Å²) in [5.41, 5.74) is 3.40. The Labute approximate surface area is 124 Å². The molecule has 1 fully saturated rings. The maximum absolute atomic E-state index is 10.6. The van der Waals surface area contributed by atoms with E-state index in [0.717, 1.165) is 35.1 Å². The van der Waals surface area contributed by atoms with Gasteiger partial charge in [0.15, 0.2) is 0 Å². The Hall–Kier alpha value is -0.540. The molecule has 106 valence electrons. The summed E-state index contributed by atoms with van der Waals surface area (Å²) in [6.07, 6.45) is 3.42. The largest absolute Gasteiger partial charge is 0.507 e. The Morgan fingerprint density at radius 2 is 2.00 bits per heavy atom. The van der Waals surface area contributed by atoms with Crippen molar-refractivity contribution >= 4 is 15.9 Å². The van der Waals surface area contributed by atoms with Crippen LogP contribution in [-0.2, 0) is 6.42 Å². The molecule has 2 N–H and O–H groups in total. The summed E-state index contributed by atoms with van der Waals surface area (Å²) in [7, 11) is 0. The molecule has 0 bridgehead atoms. The zero-order valence-corrected chi connectivity index (χ0v) is 13.7. The van der Waals surface area contributed by atoms with Gasteiger partial charge in [-0.3, -0.25) is 0 Å². The molecule has 19 heavy (non-hydrogen) atoms. The highest BCUT2D eigenvalue weighted by atomic mass is 79.9. The first kappa shape index (κ1) is 14.9. The lowest BCUT2D eigenvalue weighted by Gasteiger charge is -2.25. The third-order valence-corrected chi connectivity index (χ3v) is 5.05. The van der Waals surface area contributed by atoms with Crippen LogP contribution >= 0.6 is 15.9 Å². The van der Waals surface area contributed by atoms with Crippen LogP contribution < -0.4 is 5.32 Å². The number of piperidine rings is 1. The van der Waals surface area contributed by atoms with Crippen molar-refractivity contribution in [3.8, 4) is 5.75 Å². The molecule has 1 saturated heterocycles. The molecule has 1 aromatic rings. The molecule has 0 saturated carbocycles. The lowest BCUT2D eigenvalue weighted by atomic mass is 9.86. The van der Waals surface area contributed by atoms with Crippen molar-refractivity contribution in [1.29, 1.82) is 0 Å². The Kier molecular flexibility index (Phi) is 4.91. The molecule has 3 heteroatoms. The molecule has 2 nitrogen and oxygen atoms in total. The van der Waals surface area contributed by atoms with E-state index in [2.05, 4.69) is 48.1 Å². The molecular weight excluding hydrogens is 302 g/mol. The number of benzene rings is 1. The molecule has 0 aliphatic carbocycles. The van der Waals surface area contributed by atoms with Gasteiger partial charge in [0.25, 0.3) is 0 Å². The number of halogens is 1. The minimum Gasteiger partial charge on any atom is -0.507 e. The molecule has 0 unspecified atom stereocenters. The second kappa shape index (κ2) is 6.27. The third kappa shape index (κ3) is 3.32. The van der Waals surface area contributed by atoms with Crippen molar-refractivity contribution in [2.75, 3.05) is 13.1 Å². The van der Waals surface area contributed by atoms with Crippen LogP contribution in [0.3, 0.4) is 0 Å². The van der Waals surface area contributed by atoms with Gasteiger partial charge in [0, 0.05) is 4.47 Å². The highest BCUT2D eigenvalue weighted by Crippen LogP contribution is 2.37. The number of aromatic hydroxyl groups is 1. The summed E-state index contributed by atoms with van der Waals surface area (Å²) in [6.45, 7) is 8.58. The van der Waals surface area contributed by atoms with E-state index in [1.165, 1.54) is 18.4 Å². The molecule has 2 rings (SSSR count). The van der Waals surface area contributed by atoms with Crippen LogP contribution in [-0.4, -0.2) is 18.2 Å². The van der Waals surface area contributed by atoms with Crippen LogP contribution in [0.15, 0.2) is 10.5 Å². The van der Waals surface area contributed by atoms with Crippen LogP contribution in [0, 0.1) is 12.8 Å². The molecule has 0 atom stereocenters. The van der Waals surface area contributed by atoms with Gasteiger partial charge < -0.3 is 10.4 Å². The van der Waals surface area contributed by atoms with Crippen molar-refractivity contribution in [2.24, 2.45) is 5.92 Å². The minimum atomic E-state index is 0.351. The van der Waals surface area contributed by atoms with Gasteiger partial charge in [0.05, 0.1) is 0 Å². The Balaban J connectivity index is 2.32. The van der Waals surface area contributed by atoms with Crippen molar-refractivity contribution in [1.82, 2.24) is 5.32 Å². The third-order valence-electron chi connectivity index (χ3n) is 4.23. The summed E-state index contributed by atoms with van der Waals surface area (Å²) in [5, 5.41) is 14.0. The fourth-order valence-corrected chi connectivity index (χ4v) is 3.36. The minimum absolute atomic E-state index is 0.351. The molecule has 0 radical (unpaired) electrons. The number of nitrogens with one attached hydrogen (secondary N) is 1. The van der Waals surface area contributed by atoms with Crippen molar-refractivity contribution in [2.45, 2.75) is 46.0 Å². The lowest BCUT2D eigenvalue weighted by molar-refractivity contribution is 0.365. The van der Waals surface area contributed by atoms with E-state index in [-0.39, 0.29) is 0 Å². The summed E-state index contributed by atoms with van der Waals surface area (Å²) >= 11 is 3.64. The SMILES string of the molecule is Cc1c(Br)cc(C(C)C)c(O)c1CC1CCNCC1. The van der Waals surface area contributed by atoms with Crippen molar-refractivity contribution in [3.63, 3.8) is 0 Å². The van der Waals surface area contributed by atoms with Gasteiger partial charge >= 0.3 is 0 Å². The van der Waals surface area contributed by atoms with Crippen LogP contribution in [0.1, 0.15) is 49.3 Å². The first-order valence-corrected chi connectivity index (χ1v) is 8.01. The summed E-state index contributed by atoms with van der Waals surface area (Å²) in [5.74, 6) is 1.57. The van der Waals surface area contributed by atoms with Crippen LogP contribution in [0.25, 0.3) is 0 Å².